The Labute approximate surface area is 225 Å². The van der Waals surface area contributed by atoms with Gasteiger partial charge in [-0.3, -0.25) is 9.59 Å². The Morgan fingerprint density at radius 1 is 0.973 bits per heavy atom. The van der Waals surface area contributed by atoms with Crippen LogP contribution in [0.25, 0.3) is 0 Å². The molecule has 1 heterocycles. The molecule has 0 bridgehead atoms. The van der Waals surface area contributed by atoms with Gasteiger partial charge >= 0.3 is 0 Å². The van der Waals surface area contributed by atoms with E-state index in [9.17, 15) is 14.9 Å². The van der Waals surface area contributed by atoms with Gasteiger partial charge in [-0.25, -0.2) is 0 Å². The molecule has 1 aliphatic rings. The van der Waals surface area contributed by atoms with Crippen LogP contribution in [0.2, 0.25) is 5.02 Å². The van der Waals surface area contributed by atoms with Gasteiger partial charge in [-0.1, -0.05) is 78.0 Å². The molecule has 3 aromatic carbocycles. The van der Waals surface area contributed by atoms with Crippen molar-refractivity contribution in [3.05, 3.63) is 117 Å². The Bertz CT molecular complexity index is 1430. The van der Waals surface area contributed by atoms with Crippen LogP contribution < -0.4 is 16.0 Å². The fraction of sp³-hybridized carbons (Fsp3) is 0.138. The van der Waals surface area contributed by atoms with Gasteiger partial charge in [-0.15, -0.1) is 0 Å². The number of carbonyl (C=O) groups is 2. The molecule has 6 nitrogen and oxygen atoms in total. The number of nitrogens with zero attached hydrogens (tertiary/aromatic N) is 1. The quantitative estimate of drug-likeness (QED) is 0.332. The van der Waals surface area contributed by atoms with Crippen LogP contribution in [0, 0.1) is 18.3 Å². The molecule has 37 heavy (non-hydrogen) atoms. The van der Waals surface area contributed by atoms with E-state index >= 15 is 0 Å². The number of halogens is 1. The van der Waals surface area contributed by atoms with Crippen LogP contribution in [0.4, 0.5) is 11.4 Å². The number of thioether (sulfide) groups is 1. The number of anilines is 2. The maximum absolute atomic E-state index is 13.4. The van der Waals surface area contributed by atoms with Crippen LogP contribution in [0.15, 0.2) is 101 Å². The Morgan fingerprint density at radius 2 is 1.65 bits per heavy atom. The van der Waals surface area contributed by atoms with Crippen LogP contribution in [0.3, 0.4) is 0 Å². The van der Waals surface area contributed by atoms with Crippen molar-refractivity contribution in [2.24, 2.45) is 0 Å². The van der Waals surface area contributed by atoms with Gasteiger partial charge in [-0.05, 0) is 49.2 Å². The molecule has 1 aliphatic heterocycles. The molecule has 186 valence electrons. The lowest BCUT2D eigenvalue weighted by molar-refractivity contribution is -0.114. The second kappa shape index (κ2) is 11.8. The lowest BCUT2D eigenvalue weighted by Crippen LogP contribution is -2.31. The number of allylic oxidation sites excluding steroid dienone is 2. The summed E-state index contributed by atoms with van der Waals surface area (Å²) in [5.74, 6) is -1.04. The minimum atomic E-state index is -0.586. The molecule has 8 heteroatoms. The minimum Gasteiger partial charge on any atom is -0.353 e. The Hall–Kier alpha value is -3.99. The fourth-order valence-corrected chi connectivity index (χ4v) is 5.16. The molecule has 0 radical (unpaired) electrons. The molecule has 0 spiro atoms. The van der Waals surface area contributed by atoms with Gasteiger partial charge in [0, 0.05) is 27.7 Å². The summed E-state index contributed by atoms with van der Waals surface area (Å²) < 4.78 is 0. The maximum Gasteiger partial charge on any atom is 0.254 e. The zero-order valence-electron chi connectivity index (χ0n) is 20.3. The standard InChI is InChI=1S/C29H25ClN4O2S/c1-18-23(30)14-9-15-24(18)34-25(35)17-37-29-22(16-31)27(20-10-5-3-6-11-20)26(19(2)32-29)28(36)33-21-12-7-4-8-13-21/h3-15,27,32H,17H2,1-2H3,(H,33,36)(H,34,35)/t27-/m1/s1. The number of hydrogen-bond donors (Lipinski definition) is 3. The highest BCUT2D eigenvalue weighted by Crippen LogP contribution is 2.41. The molecule has 0 aromatic heterocycles. The highest BCUT2D eigenvalue weighted by atomic mass is 35.5. The highest BCUT2D eigenvalue weighted by molar-refractivity contribution is 8.03. The molecule has 3 aromatic rings. The molecule has 1 atom stereocenters. The molecule has 3 N–H and O–H groups in total. The molecule has 0 aliphatic carbocycles. The normalized spacial score (nSPS) is 15.0. The lowest BCUT2D eigenvalue weighted by atomic mass is 9.82. The molecular formula is C29H25ClN4O2S. The number of nitrogens with one attached hydrogen (secondary N) is 3. The molecule has 0 unspecified atom stereocenters. The first kappa shape index (κ1) is 26.1. The monoisotopic (exact) mass is 528 g/mol. The van der Waals surface area contributed by atoms with Crippen molar-refractivity contribution in [2.45, 2.75) is 19.8 Å². The average molecular weight is 529 g/mol. The maximum atomic E-state index is 13.4. The number of amides is 2. The zero-order chi connectivity index (χ0) is 26.4. The highest BCUT2D eigenvalue weighted by Gasteiger charge is 2.34. The Balaban J connectivity index is 1.61. The van der Waals surface area contributed by atoms with E-state index in [1.165, 1.54) is 11.8 Å². The molecule has 0 fully saturated rings. The van der Waals surface area contributed by atoms with Crippen LogP contribution in [0.1, 0.15) is 24.0 Å². The van der Waals surface area contributed by atoms with Crippen molar-refractivity contribution in [3.8, 4) is 6.07 Å². The Morgan fingerprint density at radius 3 is 2.32 bits per heavy atom. The number of carbonyl (C=O) groups excluding carboxylic acids is 2. The van der Waals surface area contributed by atoms with Gasteiger partial charge in [0.1, 0.15) is 0 Å². The summed E-state index contributed by atoms with van der Waals surface area (Å²) in [5.41, 5.74) is 4.36. The van der Waals surface area contributed by atoms with E-state index in [1.807, 2.05) is 67.6 Å². The third-order valence-corrected chi connectivity index (χ3v) is 7.37. The van der Waals surface area contributed by atoms with E-state index in [4.69, 9.17) is 11.6 Å². The van der Waals surface area contributed by atoms with Crippen LogP contribution in [-0.2, 0) is 9.59 Å². The largest absolute Gasteiger partial charge is 0.353 e. The summed E-state index contributed by atoms with van der Waals surface area (Å²) in [7, 11) is 0. The summed E-state index contributed by atoms with van der Waals surface area (Å²) in [6.45, 7) is 3.64. The third-order valence-electron chi connectivity index (χ3n) is 5.95. The number of dihydropyridines is 1. The van der Waals surface area contributed by atoms with Crippen LogP contribution in [0.5, 0.6) is 0 Å². The predicted molar refractivity (Wildman–Crippen MR) is 150 cm³/mol. The molecule has 0 saturated heterocycles. The van der Waals surface area contributed by atoms with Gasteiger partial charge in [0.15, 0.2) is 0 Å². The van der Waals surface area contributed by atoms with E-state index in [0.29, 0.717) is 38.3 Å². The number of benzene rings is 3. The summed E-state index contributed by atoms with van der Waals surface area (Å²) in [4.78, 5) is 26.2. The van der Waals surface area contributed by atoms with E-state index in [-0.39, 0.29) is 17.6 Å². The first-order valence-corrected chi connectivity index (χ1v) is 13.0. The van der Waals surface area contributed by atoms with Crippen molar-refractivity contribution in [3.63, 3.8) is 0 Å². The average Bonchev–Trinajstić information content (AvgIpc) is 2.90. The van der Waals surface area contributed by atoms with Crippen molar-refractivity contribution >= 4 is 46.6 Å². The first-order valence-electron chi connectivity index (χ1n) is 11.6. The number of rotatable bonds is 7. The molecule has 4 rings (SSSR count). The SMILES string of the molecule is CC1=C(C(=O)Nc2ccccc2)[C@H](c2ccccc2)C(C#N)=C(SCC(=O)Nc2cccc(Cl)c2C)N1. The first-order chi connectivity index (χ1) is 17.9. The van der Waals surface area contributed by atoms with Crippen molar-refractivity contribution in [1.82, 2.24) is 5.32 Å². The van der Waals surface area contributed by atoms with E-state index in [0.717, 1.165) is 11.1 Å². The molecule has 0 saturated carbocycles. The Kier molecular flexibility index (Phi) is 8.34. The van der Waals surface area contributed by atoms with Crippen LogP contribution >= 0.6 is 23.4 Å². The second-order valence-corrected chi connectivity index (χ2v) is 9.82. The lowest BCUT2D eigenvalue weighted by Gasteiger charge is -2.30. The summed E-state index contributed by atoms with van der Waals surface area (Å²) in [5, 5.41) is 20.3. The van der Waals surface area contributed by atoms with E-state index < -0.39 is 5.92 Å². The molecule has 2 amide bonds. The summed E-state index contributed by atoms with van der Waals surface area (Å²) in [6, 6.07) is 26.2. The number of para-hydroxylation sites is 1. The second-order valence-electron chi connectivity index (χ2n) is 8.43. The summed E-state index contributed by atoms with van der Waals surface area (Å²) >= 11 is 7.39. The zero-order valence-corrected chi connectivity index (χ0v) is 21.9. The molecular weight excluding hydrogens is 504 g/mol. The minimum absolute atomic E-state index is 0.0692. The van der Waals surface area contributed by atoms with Gasteiger partial charge in [0.25, 0.3) is 5.91 Å². The number of hydrogen-bond acceptors (Lipinski definition) is 5. The van der Waals surface area contributed by atoms with E-state index in [1.54, 1.807) is 25.1 Å². The van der Waals surface area contributed by atoms with Crippen molar-refractivity contribution in [2.75, 3.05) is 16.4 Å². The van der Waals surface area contributed by atoms with Gasteiger partial charge in [-0.2, -0.15) is 5.26 Å². The number of nitriles is 1. The topological polar surface area (TPSA) is 94.0 Å². The van der Waals surface area contributed by atoms with Crippen molar-refractivity contribution < 1.29 is 9.59 Å². The van der Waals surface area contributed by atoms with Crippen molar-refractivity contribution in [1.29, 1.82) is 5.26 Å². The van der Waals surface area contributed by atoms with Gasteiger partial charge in [0.05, 0.1) is 28.3 Å². The van der Waals surface area contributed by atoms with Gasteiger partial charge in [0.2, 0.25) is 5.91 Å². The fourth-order valence-electron chi connectivity index (χ4n) is 4.09. The third kappa shape index (κ3) is 6.05. The predicted octanol–water partition coefficient (Wildman–Crippen LogP) is 6.36. The smallest absolute Gasteiger partial charge is 0.254 e. The van der Waals surface area contributed by atoms with Gasteiger partial charge < -0.3 is 16.0 Å². The summed E-state index contributed by atoms with van der Waals surface area (Å²) in [6.07, 6.45) is 0. The van der Waals surface area contributed by atoms with E-state index in [2.05, 4.69) is 22.0 Å². The van der Waals surface area contributed by atoms with Crippen LogP contribution in [-0.4, -0.2) is 17.6 Å².